The van der Waals surface area contributed by atoms with E-state index in [0.717, 1.165) is 0 Å². The summed E-state index contributed by atoms with van der Waals surface area (Å²) in [5, 5.41) is 2.61. The Balaban J connectivity index is 2.66. The summed E-state index contributed by atoms with van der Waals surface area (Å²) in [7, 11) is 0. The van der Waals surface area contributed by atoms with E-state index in [0.29, 0.717) is 5.25 Å². The second-order valence-electron chi connectivity index (χ2n) is 1.83. The summed E-state index contributed by atoms with van der Waals surface area (Å²) >= 11 is 1.81. The zero-order valence-corrected chi connectivity index (χ0v) is 5.90. The average molecular weight is 127 g/mol. The molecule has 44 valence electrons. The smallest absolute Gasteiger partial charge is 0.0441 e. The Hall–Kier alpha value is -0.240. The van der Waals surface area contributed by atoms with Gasteiger partial charge in [0, 0.05) is 17.2 Å². The first-order chi connectivity index (χ1) is 3.80. The monoisotopic (exact) mass is 127 g/mol. The van der Waals surface area contributed by atoms with Crippen molar-refractivity contribution in [2.75, 3.05) is 0 Å². The van der Waals surface area contributed by atoms with Crippen LogP contribution in [0.1, 0.15) is 13.8 Å². The van der Waals surface area contributed by atoms with Crippen molar-refractivity contribution >= 4 is 17.5 Å². The highest BCUT2D eigenvalue weighted by molar-refractivity contribution is 8.03. The van der Waals surface area contributed by atoms with Gasteiger partial charge < -0.3 is 0 Å². The van der Waals surface area contributed by atoms with E-state index in [9.17, 15) is 0 Å². The summed E-state index contributed by atoms with van der Waals surface area (Å²) < 4.78 is 0. The molecule has 0 aromatic heterocycles. The van der Waals surface area contributed by atoms with E-state index < -0.39 is 0 Å². The molecule has 2 heteroatoms. The minimum absolute atomic E-state index is 0.583. The van der Waals surface area contributed by atoms with E-state index in [4.69, 9.17) is 0 Å². The van der Waals surface area contributed by atoms with Crippen LogP contribution < -0.4 is 0 Å². The lowest BCUT2D eigenvalue weighted by Gasteiger charge is -2.09. The fourth-order valence-electron chi connectivity index (χ4n) is 0.504. The molecule has 1 aliphatic heterocycles. The second kappa shape index (κ2) is 2.35. The van der Waals surface area contributed by atoms with Gasteiger partial charge in [-0.2, -0.15) is 0 Å². The molecule has 0 fully saturated rings. The molecule has 1 aliphatic rings. The van der Waals surface area contributed by atoms with Crippen molar-refractivity contribution in [2.24, 2.45) is 4.99 Å². The summed E-state index contributed by atoms with van der Waals surface area (Å²) in [5.41, 5.74) is 1.22. The Bertz CT molecular complexity index is 137. The lowest BCUT2D eigenvalue weighted by Crippen LogP contribution is -2.08. The Morgan fingerprint density at radius 2 is 2.50 bits per heavy atom. The van der Waals surface area contributed by atoms with Crippen molar-refractivity contribution < 1.29 is 0 Å². The first-order valence-electron chi connectivity index (χ1n) is 2.65. The summed E-state index contributed by atoms with van der Waals surface area (Å²) in [5.74, 6) is 0. The molecule has 0 aromatic rings. The summed E-state index contributed by atoms with van der Waals surface area (Å²) in [4.78, 5) is 4.13. The third-order valence-corrected chi connectivity index (χ3v) is 2.24. The van der Waals surface area contributed by atoms with Crippen LogP contribution in [0.25, 0.3) is 0 Å². The fourth-order valence-corrected chi connectivity index (χ4v) is 1.13. The molecule has 0 radical (unpaired) electrons. The van der Waals surface area contributed by atoms with Crippen molar-refractivity contribution in [3.63, 3.8) is 0 Å². The van der Waals surface area contributed by atoms with Gasteiger partial charge in [0.1, 0.15) is 0 Å². The Labute approximate surface area is 53.9 Å². The topological polar surface area (TPSA) is 12.4 Å². The van der Waals surface area contributed by atoms with Crippen LogP contribution in [0, 0.1) is 0 Å². The van der Waals surface area contributed by atoms with Crippen LogP contribution in [-0.2, 0) is 0 Å². The highest BCUT2D eigenvalue weighted by Crippen LogP contribution is 2.17. The van der Waals surface area contributed by atoms with Crippen LogP contribution >= 0.6 is 11.8 Å². The summed E-state index contributed by atoms with van der Waals surface area (Å²) in [6.45, 7) is 4.22. The summed E-state index contributed by atoms with van der Waals surface area (Å²) in [6.07, 6.45) is 1.85. The van der Waals surface area contributed by atoms with Crippen LogP contribution in [-0.4, -0.2) is 11.0 Å². The van der Waals surface area contributed by atoms with Crippen LogP contribution in [0.4, 0.5) is 0 Å². The van der Waals surface area contributed by atoms with Gasteiger partial charge in [-0.25, -0.2) is 0 Å². The maximum atomic E-state index is 4.13. The number of hydrogen-bond acceptors (Lipinski definition) is 2. The molecule has 0 amide bonds. The van der Waals surface area contributed by atoms with Gasteiger partial charge in [0.2, 0.25) is 0 Å². The van der Waals surface area contributed by atoms with E-state index in [1.807, 2.05) is 23.4 Å². The molecule has 0 aromatic carbocycles. The Morgan fingerprint density at radius 1 is 1.75 bits per heavy atom. The molecule has 1 heterocycles. The quantitative estimate of drug-likeness (QED) is 0.485. The maximum Gasteiger partial charge on any atom is 0.0441 e. The average Bonchev–Trinajstić information content (AvgIpc) is 1.77. The standard InChI is InChI=1S/C6H9NS/c1-5-6(2)8-4-3-7-5/h3-4,6H,1-2H3. The third kappa shape index (κ3) is 1.13. The van der Waals surface area contributed by atoms with E-state index in [1.54, 1.807) is 0 Å². The predicted octanol–water partition coefficient (Wildman–Crippen LogP) is 2.05. The van der Waals surface area contributed by atoms with Gasteiger partial charge in [0.15, 0.2) is 0 Å². The Morgan fingerprint density at radius 3 is 2.88 bits per heavy atom. The molecule has 0 N–H and O–H groups in total. The summed E-state index contributed by atoms with van der Waals surface area (Å²) in [6, 6.07) is 0. The molecule has 1 unspecified atom stereocenters. The molecule has 0 spiro atoms. The van der Waals surface area contributed by atoms with Gasteiger partial charge in [-0.1, -0.05) is 0 Å². The predicted molar refractivity (Wildman–Crippen MR) is 39.3 cm³/mol. The largest absolute Gasteiger partial charge is 0.264 e. The Kier molecular flexibility index (Phi) is 1.73. The minimum atomic E-state index is 0.583. The van der Waals surface area contributed by atoms with Gasteiger partial charge in [0.05, 0.1) is 0 Å². The van der Waals surface area contributed by atoms with Gasteiger partial charge in [-0.05, 0) is 19.3 Å². The number of hydrogen-bond donors (Lipinski definition) is 0. The zero-order chi connectivity index (χ0) is 5.98. The lowest BCUT2D eigenvalue weighted by molar-refractivity contribution is 1.27. The highest BCUT2D eigenvalue weighted by Gasteiger charge is 2.05. The van der Waals surface area contributed by atoms with Gasteiger partial charge in [-0.15, -0.1) is 11.8 Å². The van der Waals surface area contributed by atoms with Gasteiger partial charge in [0.25, 0.3) is 0 Å². The molecule has 0 bridgehead atoms. The van der Waals surface area contributed by atoms with E-state index in [-0.39, 0.29) is 0 Å². The molecular weight excluding hydrogens is 118 g/mol. The van der Waals surface area contributed by atoms with Crippen LogP contribution in [0.15, 0.2) is 16.6 Å². The molecule has 0 saturated heterocycles. The van der Waals surface area contributed by atoms with Gasteiger partial charge in [-0.3, -0.25) is 4.99 Å². The number of thioether (sulfide) groups is 1. The molecule has 1 rings (SSSR count). The third-order valence-electron chi connectivity index (χ3n) is 1.21. The molecular formula is C6H9NS. The minimum Gasteiger partial charge on any atom is -0.264 e. The molecule has 0 aliphatic carbocycles. The van der Waals surface area contributed by atoms with Crippen LogP contribution in [0.5, 0.6) is 0 Å². The van der Waals surface area contributed by atoms with Crippen molar-refractivity contribution in [1.29, 1.82) is 0 Å². The molecule has 0 saturated carbocycles. The number of aliphatic imine (C=N–C) groups is 1. The lowest BCUT2D eigenvalue weighted by atomic mass is 10.3. The molecule has 1 nitrogen and oxygen atoms in total. The molecule has 8 heavy (non-hydrogen) atoms. The van der Waals surface area contributed by atoms with E-state index in [1.165, 1.54) is 5.71 Å². The first-order valence-corrected chi connectivity index (χ1v) is 3.60. The zero-order valence-electron chi connectivity index (χ0n) is 5.09. The SMILES string of the molecule is CC1=NC=CSC1C. The number of nitrogens with zero attached hydrogens (tertiary/aromatic N) is 1. The fraction of sp³-hybridized carbons (Fsp3) is 0.500. The van der Waals surface area contributed by atoms with E-state index >= 15 is 0 Å². The van der Waals surface area contributed by atoms with Crippen molar-refractivity contribution in [3.05, 3.63) is 11.6 Å². The normalized spacial score (nSPS) is 27.8. The first kappa shape index (κ1) is 5.89. The van der Waals surface area contributed by atoms with Crippen molar-refractivity contribution in [3.8, 4) is 0 Å². The van der Waals surface area contributed by atoms with Crippen LogP contribution in [0.3, 0.4) is 0 Å². The van der Waals surface area contributed by atoms with Crippen molar-refractivity contribution in [2.45, 2.75) is 19.1 Å². The van der Waals surface area contributed by atoms with Gasteiger partial charge >= 0.3 is 0 Å². The number of rotatable bonds is 0. The highest BCUT2D eigenvalue weighted by atomic mass is 32.2. The van der Waals surface area contributed by atoms with Crippen molar-refractivity contribution in [1.82, 2.24) is 0 Å². The van der Waals surface area contributed by atoms with Crippen LogP contribution in [0.2, 0.25) is 0 Å². The second-order valence-corrected chi connectivity index (χ2v) is 3.09. The van der Waals surface area contributed by atoms with E-state index in [2.05, 4.69) is 18.8 Å². The molecule has 1 atom stereocenters. The maximum absolute atomic E-state index is 4.13.